The smallest absolute Gasteiger partial charge is 0.128 e. The number of ether oxygens (including phenoxy) is 1. The first-order valence-electron chi connectivity index (χ1n) is 6.23. The molecule has 0 unspecified atom stereocenters. The molecule has 0 aliphatic rings. The first-order chi connectivity index (χ1) is 9.04. The number of nitrogens with two attached hydrogens (primary N) is 1. The lowest BCUT2D eigenvalue weighted by atomic mass is 10.0. The second-order valence-corrected chi connectivity index (χ2v) is 4.71. The molecule has 4 heteroatoms. The fourth-order valence-electron chi connectivity index (χ4n) is 2.26. The SMILES string of the molecule is COc1c(C)cnc(Cc2c(C)ccnc2N)c1C. The summed E-state index contributed by atoms with van der Waals surface area (Å²) >= 11 is 0. The molecule has 4 nitrogen and oxygen atoms in total. The molecule has 100 valence electrons. The summed E-state index contributed by atoms with van der Waals surface area (Å²) in [6, 6.07) is 1.96. The summed E-state index contributed by atoms with van der Waals surface area (Å²) in [5, 5.41) is 0. The van der Waals surface area contributed by atoms with Gasteiger partial charge in [-0.2, -0.15) is 0 Å². The van der Waals surface area contributed by atoms with Gasteiger partial charge in [0, 0.05) is 35.5 Å². The van der Waals surface area contributed by atoms with Crippen LogP contribution in [-0.2, 0) is 6.42 Å². The normalized spacial score (nSPS) is 10.5. The van der Waals surface area contributed by atoms with E-state index >= 15 is 0 Å². The molecular formula is C15H19N3O. The number of aromatic nitrogens is 2. The highest BCUT2D eigenvalue weighted by Gasteiger charge is 2.12. The highest BCUT2D eigenvalue weighted by Crippen LogP contribution is 2.27. The van der Waals surface area contributed by atoms with Gasteiger partial charge in [0.05, 0.1) is 12.8 Å². The Bertz CT molecular complexity index is 588. The molecule has 0 radical (unpaired) electrons. The number of nitrogens with zero attached hydrogens (tertiary/aromatic N) is 2. The first-order valence-corrected chi connectivity index (χ1v) is 6.23. The van der Waals surface area contributed by atoms with Crippen molar-refractivity contribution in [3.05, 3.63) is 46.4 Å². The predicted octanol–water partition coefficient (Wildman–Crippen LogP) is 2.58. The molecule has 0 amide bonds. The second kappa shape index (κ2) is 5.26. The molecule has 2 aromatic rings. The summed E-state index contributed by atoms with van der Waals surface area (Å²) in [6.07, 6.45) is 4.24. The predicted molar refractivity (Wildman–Crippen MR) is 76.5 cm³/mol. The molecule has 0 aromatic carbocycles. The van der Waals surface area contributed by atoms with Gasteiger partial charge in [0.15, 0.2) is 0 Å². The Morgan fingerprint density at radius 2 is 1.89 bits per heavy atom. The van der Waals surface area contributed by atoms with Crippen LogP contribution in [-0.4, -0.2) is 17.1 Å². The quantitative estimate of drug-likeness (QED) is 0.918. The standard InChI is InChI=1S/C15H19N3O/c1-9-5-6-17-15(16)12(9)7-13-11(3)14(19-4)10(2)8-18-13/h5-6,8H,7H2,1-4H3,(H2,16,17). The average Bonchev–Trinajstić information content (AvgIpc) is 2.37. The molecule has 0 aliphatic heterocycles. The molecular weight excluding hydrogens is 238 g/mol. The maximum atomic E-state index is 5.95. The molecule has 2 heterocycles. The van der Waals surface area contributed by atoms with E-state index in [1.54, 1.807) is 13.3 Å². The minimum absolute atomic E-state index is 0.570. The summed E-state index contributed by atoms with van der Waals surface area (Å²) in [4.78, 5) is 8.65. The van der Waals surface area contributed by atoms with Gasteiger partial charge >= 0.3 is 0 Å². The molecule has 0 aliphatic carbocycles. The Morgan fingerprint density at radius 3 is 2.53 bits per heavy atom. The third-order valence-electron chi connectivity index (χ3n) is 3.42. The van der Waals surface area contributed by atoms with E-state index in [0.717, 1.165) is 33.7 Å². The van der Waals surface area contributed by atoms with Crippen molar-refractivity contribution in [3.63, 3.8) is 0 Å². The van der Waals surface area contributed by atoms with Crippen LogP contribution in [0.5, 0.6) is 5.75 Å². The Labute approximate surface area is 113 Å². The van der Waals surface area contributed by atoms with E-state index in [1.165, 1.54) is 0 Å². The van der Waals surface area contributed by atoms with Gasteiger partial charge in [0.25, 0.3) is 0 Å². The minimum Gasteiger partial charge on any atom is -0.496 e. The summed E-state index contributed by atoms with van der Waals surface area (Å²) in [6.45, 7) is 6.05. The van der Waals surface area contributed by atoms with Crippen molar-refractivity contribution in [3.8, 4) is 5.75 Å². The Balaban J connectivity index is 2.45. The van der Waals surface area contributed by atoms with Crippen molar-refractivity contribution < 1.29 is 4.74 Å². The molecule has 0 fully saturated rings. The van der Waals surface area contributed by atoms with Crippen molar-refractivity contribution in [1.29, 1.82) is 0 Å². The van der Waals surface area contributed by atoms with E-state index in [2.05, 4.69) is 9.97 Å². The third-order valence-corrected chi connectivity index (χ3v) is 3.42. The second-order valence-electron chi connectivity index (χ2n) is 4.71. The largest absolute Gasteiger partial charge is 0.496 e. The molecule has 0 saturated carbocycles. The zero-order chi connectivity index (χ0) is 14.0. The van der Waals surface area contributed by atoms with Crippen LogP contribution in [0.15, 0.2) is 18.5 Å². The van der Waals surface area contributed by atoms with Crippen LogP contribution in [0.25, 0.3) is 0 Å². The maximum Gasteiger partial charge on any atom is 0.128 e. The highest BCUT2D eigenvalue weighted by atomic mass is 16.5. The number of nitrogen functional groups attached to an aromatic ring is 1. The van der Waals surface area contributed by atoms with E-state index in [9.17, 15) is 0 Å². The summed E-state index contributed by atoms with van der Waals surface area (Å²) < 4.78 is 5.43. The first kappa shape index (κ1) is 13.3. The van der Waals surface area contributed by atoms with Gasteiger partial charge in [-0.3, -0.25) is 4.98 Å². The van der Waals surface area contributed by atoms with E-state index in [0.29, 0.717) is 12.2 Å². The Kier molecular flexibility index (Phi) is 3.69. The number of anilines is 1. The molecule has 0 spiro atoms. The molecule has 0 bridgehead atoms. The number of pyridine rings is 2. The number of aryl methyl sites for hydroxylation is 2. The minimum atomic E-state index is 0.570. The average molecular weight is 257 g/mol. The zero-order valence-electron chi connectivity index (χ0n) is 11.8. The van der Waals surface area contributed by atoms with Crippen LogP contribution >= 0.6 is 0 Å². The van der Waals surface area contributed by atoms with Gasteiger partial charge in [0.2, 0.25) is 0 Å². The van der Waals surface area contributed by atoms with Gasteiger partial charge in [0.1, 0.15) is 11.6 Å². The molecule has 19 heavy (non-hydrogen) atoms. The zero-order valence-corrected chi connectivity index (χ0v) is 11.8. The van der Waals surface area contributed by atoms with Crippen LogP contribution in [0, 0.1) is 20.8 Å². The summed E-state index contributed by atoms with van der Waals surface area (Å²) in [5.74, 6) is 1.46. The number of hydrogen-bond acceptors (Lipinski definition) is 4. The molecule has 2 rings (SSSR count). The van der Waals surface area contributed by atoms with Gasteiger partial charge < -0.3 is 10.5 Å². The van der Waals surface area contributed by atoms with E-state index < -0.39 is 0 Å². The number of hydrogen-bond donors (Lipinski definition) is 1. The molecule has 2 N–H and O–H groups in total. The summed E-state index contributed by atoms with van der Waals surface area (Å²) in [5.41, 5.74) is 11.2. The summed E-state index contributed by atoms with van der Waals surface area (Å²) in [7, 11) is 1.68. The van der Waals surface area contributed by atoms with E-state index in [1.807, 2.05) is 33.0 Å². The van der Waals surface area contributed by atoms with Crippen LogP contribution < -0.4 is 10.5 Å². The molecule has 2 aromatic heterocycles. The van der Waals surface area contributed by atoms with Crippen LogP contribution in [0.1, 0.15) is 27.9 Å². The lowest BCUT2D eigenvalue weighted by Crippen LogP contribution is -2.05. The van der Waals surface area contributed by atoms with Gasteiger partial charge in [-0.1, -0.05) is 0 Å². The van der Waals surface area contributed by atoms with Crippen molar-refractivity contribution in [1.82, 2.24) is 9.97 Å². The van der Waals surface area contributed by atoms with E-state index in [4.69, 9.17) is 10.5 Å². The molecule has 0 atom stereocenters. The van der Waals surface area contributed by atoms with Gasteiger partial charge in [-0.25, -0.2) is 4.98 Å². The lowest BCUT2D eigenvalue weighted by Gasteiger charge is -2.14. The fraction of sp³-hybridized carbons (Fsp3) is 0.333. The fourth-order valence-corrected chi connectivity index (χ4v) is 2.26. The van der Waals surface area contributed by atoms with Crippen molar-refractivity contribution in [2.24, 2.45) is 0 Å². The third kappa shape index (κ3) is 2.52. The van der Waals surface area contributed by atoms with Crippen molar-refractivity contribution >= 4 is 5.82 Å². The van der Waals surface area contributed by atoms with Crippen molar-refractivity contribution in [2.75, 3.05) is 12.8 Å². The van der Waals surface area contributed by atoms with Crippen molar-refractivity contribution in [2.45, 2.75) is 27.2 Å². The molecule has 0 saturated heterocycles. The maximum absolute atomic E-state index is 5.95. The Morgan fingerprint density at radius 1 is 1.16 bits per heavy atom. The topological polar surface area (TPSA) is 61.0 Å². The number of methoxy groups -OCH3 is 1. The lowest BCUT2D eigenvalue weighted by molar-refractivity contribution is 0.407. The highest BCUT2D eigenvalue weighted by molar-refractivity contribution is 5.49. The van der Waals surface area contributed by atoms with Crippen LogP contribution in [0.4, 0.5) is 5.82 Å². The van der Waals surface area contributed by atoms with Crippen LogP contribution in [0.3, 0.4) is 0 Å². The van der Waals surface area contributed by atoms with Gasteiger partial charge in [-0.05, 0) is 32.4 Å². The Hall–Kier alpha value is -2.10. The number of rotatable bonds is 3. The van der Waals surface area contributed by atoms with Gasteiger partial charge in [-0.15, -0.1) is 0 Å². The monoisotopic (exact) mass is 257 g/mol. The van der Waals surface area contributed by atoms with E-state index in [-0.39, 0.29) is 0 Å². The van der Waals surface area contributed by atoms with Crippen LogP contribution in [0.2, 0.25) is 0 Å².